The SMILES string of the molecule is O=C1CC(=O)C2C(=O)CC(c3ccoc3)OC2CC1=O. The fourth-order valence-electron chi connectivity index (χ4n) is 2.73. The number of hydrogen-bond donors (Lipinski definition) is 0. The number of fused-ring (bicyclic) bond motifs is 1. The van der Waals surface area contributed by atoms with Gasteiger partial charge < -0.3 is 9.15 Å². The molecule has 3 rings (SSSR count). The van der Waals surface area contributed by atoms with E-state index in [1.165, 1.54) is 12.5 Å². The minimum absolute atomic E-state index is 0.0504. The van der Waals surface area contributed by atoms with E-state index < -0.39 is 41.9 Å². The van der Waals surface area contributed by atoms with Crippen molar-refractivity contribution in [3.05, 3.63) is 24.2 Å². The van der Waals surface area contributed by atoms with E-state index in [-0.39, 0.29) is 18.6 Å². The van der Waals surface area contributed by atoms with Crippen LogP contribution in [0.3, 0.4) is 0 Å². The second-order valence-corrected chi connectivity index (χ2v) is 5.06. The van der Waals surface area contributed by atoms with Crippen molar-refractivity contribution in [1.82, 2.24) is 0 Å². The molecule has 1 aliphatic carbocycles. The Morgan fingerprint density at radius 2 is 1.80 bits per heavy atom. The first-order valence-corrected chi connectivity index (χ1v) is 6.35. The normalized spacial score (nSPS) is 31.1. The van der Waals surface area contributed by atoms with Gasteiger partial charge in [-0.25, -0.2) is 0 Å². The predicted octanol–water partition coefficient (Wildman–Crippen LogP) is 0.796. The molecule has 2 heterocycles. The summed E-state index contributed by atoms with van der Waals surface area (Å²) in [5.41, 5.74) is 0.687. The monoisotopic (exact) mass is 276 g/mol. The van der Waals surface area contributed by atoms with Crippen LogP contribution in [0.15, 0.2) is 23.0 Å². The van der Waals surface area contributed by atoms with Gasteiger partial charge >= 0.3 is 0 Å². The molecule has 1 aromatic heterocycles. The third kappa shape index (κ3) is 2.12. The summed E-state index contributed by atoms with van der Waals surface area (Å²) in [6.45, 7) is 0. The van der Waals surface area contributed by atoms with Crippen LogP contribution in [0.1, 0.15) is 30.9 Å². The highest BCUT2D eigenvalue weighted by Gasteiger charge is 2.46. The van der Waals surface area contributed by atoms with Gasteiger partial charge in [-0.2, -0.15) is 0 Å². The number of carbonyl (C=O) groups is 4. The molecule has 3 unspecified atom stereocenters. The number of rotatable bonds is 1. The first-order chi connectivity index (χ1) is 9.56. The van der Waals surface area contributed by atoms with E-state index in [1.807, 2.05) is 0 Å². The van der Waals surface area contributed by atoms with Crippen molar-refractivity contribution in [2.45, 2.75) is 31.5 Å². The molecule has 2 aliphatic rings. The lowest BCUT2D eigenvalue weighted by Crippen LogP contribution is -2.42. The highest BCUT2D eigenvalue weighted by molar-refractivity contribution is 6.41. The van der Waals surface area contributed by atoms with Gasteiger partial charge in [0.05, 0.1) is 31.2 Å². The topological polar surface area (TPSA) is 90.7 Å². The average Bonchev–Trinajstić information content (AvgIpc) is 2.88. The molecule has 2 fully saturated rings. The maximum Gasteiger partial charge on any atom is 0.205 e. The van der Waals surface area contributed by atoms with E-state index in [9.17, 15) is 19.2 Å². The highest BCUT2D eigenvalue weighted by Crippen LogP contribution is 2.36. The molecule has 1 aromatic rings. The van der Waals surface area contributed by atoms with Crippen molar-refractivity contribution >= 4 is 23.1 Å². The van der Waals surface area contributed by atoms with Crippen molar-refractivity contribution < 1.29 is 28.3 Å². The molecule has 0 N–H and O–H groups in total. The van der Waals surface area contributed by atoms with Crippen molar-refractivity contribution in [1.29, 1.82) is 0 Å². The van der Waals surface area contributed by atoms with Crippen LogP contribution >= 0.6 is 0 Å². The maximum absolute atomic E-state index is 12.2. The second kappa shape index (κ2) is 4.79. The zero-order chi connectivity index (χ0) is 14.3. The zero-order valence-corrected chi connectivity index (χ0v) is 10.5. The van der Waals surface area contributed by atoms with Gasteiger partial charge in [-0.3, -0.25) is 19.2 Å². The van der Waals surface area contributed by atoms with Gasteiger partial charge in [-0.05, 0) is 6.07 Å². The molecule has 1 saturated heterocycles. The number of furan rings is 1. The molecule has 1 saturated carbocycles. The Hall–Kier alpha value is -2.08. The van der Waals surface area contributed by atoms with Gasteiger partial charge in [-0.15, -0.1) is 0 Å². The Balaban J connectivity index is 1.89. The van der Waals surface area contributed by atoms with Crippen LogP contribution in [0.25, 0.3) is 0 Å². The molecule has 6 heteroatoms. The molecular formula is C14H12O6. The van der Waals surface area contributed by atoms with E-state index in [2.05, 4.69) is 0 Å². The molecule has 3 atom stereocenters. The fourth-order valence-corrected chi connectivity index (χ4v) is 2.73. The number of ketones is 4. The number of carbonyl (C=O) groups excluding carboxylic acids is 4. The summed E-state index contributed by atoms with van der Waals surface area (Å²) in [6.07, 6.45) is 0.889. The van der Waals surface area contributed by atoms with E-state index >= 15 is 0 Å². The van der Waals surface area contributed by atoms with Crippen LogP contribution in [0.5, 0.6) is 0 Å². The maximum atomic E-state index is 12.2. The quantitative estimate of drug-likeness (QED) is 0.556. The predicted molar refractivity (Wildman–Crippen MR) is 63.7 cm³/mol. The van der Waals surface area contributed by atoms with Crippen molar-refractivity contribution in [3.63, 3.8) is 0 Å². The Morgan fingerprint density at radius 1 is 1.00 bits per heavy atom. The van der Waals surface area contributed by atoms with Gasteiger partial charge in [0.15, 0.2) is 5.78 Å². The molecule has 0 amide bonds. The molecule has 104 valence electrons. The van der Waals surface area contributed by atoms with Crippen molar-refractivity contribution in [2.75, 3.05) is 0 Å². The smallest absolute Gasteiger partial charge is 0.205 e. The minimum Gasteiger partial charge on any atom is -0.472 e. The van der Waals surface area contributed by atoms with Gasteiger partial charge in [0.25, 0.3) is 0 Å². The van der Waals surface area contributed by atoms with Crippen LogP contribution in [0.4, 0.5) is 0 Å². The van der Waals surface area contributed by atoms with E-state index in [4.69, 9.17) is 9.15 Å². The van der Waals surface area contributed by atoms with E-state index in [0.29, 0.717) is 5.56 Å². The third-order valence-electron chi connectivity index (χ3n) is 3.74. The summed E-state index contributed by atoms with van der Waals surface area (Å²) in [5, 5.41) is 0. The van der Waals surface area contributed by atoms with Crippen LogP contribution < -0.4 is 0 Å². The second-order valence-electron chi connectivity index (χ2n) is 5.06. The van der Waals surface area contributed by atoms with Gasteiger partial charge in [-0.1, -0.05) is 0 Å². The number of hydrogen-bond acceptors (Lipinski definition) is 6. The van der Waals surface area contributed by atoms with Gasteiger partial charge in [0.2, 0.25) is 11.6 Å². The average molecular weight is 276 g/mol. The molecule has 0 aromatic carbocycles. The zero-order valence-electron chi connectivity index (χ0n) is 10.5. The van der Waals surface area contributed by atoms with Crippen LogP contribution in [0, 0.1) is 5.92 Å². The Morgan fingerprint density at radius 3 is 2.50 bits per heavy atom. The summed E-state index contributed by atoms with van der Waals surface area (Å²) in [6, 6.07) is 1.67. The summed E-state index contributed by atoms with van der Waals surface area (Å²) in [7, 11) is 0. The third-order valence-corrected chi connectivity index (χ3v) is 3.74. The highest BCUT2D eigenvalue weighted by atomic mass is 16.5. The number of Topliss-reactive ketones (excluding diaryl/α,β-unsaturated/α-hetero) is 4. The lowest BCUT2D eigenvalue weighted by atomic mass is 9.85. The molecule has 1 aliphatic heterocycles. The summed E-state index contributed by atoms with van der Waals surface area (Å²) in [5.74, 6) is -3.16. The van der Waals surface area contributed by atoms with Crippen LogP contribution in [-0.2, 0) is 23.9 Å². The largest absolute Gasteiger partial charge is 0.472 e. The lowest BCUT2D eigenvalue weighted by Gasteiger charge is -2.32. The molecule has 20 heavy (non-hydrogen) atoms. The molecular weight excluding hydrogens is 264 g/mol. The number of ether oxygens (including phenoxy) is 1. The summed E-state index contributed by atoms with van der Waals surface area (Å²) in [4.78, 5) is 47.1. The van der Waals surface area contributed by atoms with E-state index in [0.717, 1.165) is 0 Å². The minimum atomic E-state index is -0.992. The first-order valence-electron chi connectivity index (χ1n) is 6.35. The fraction of sp³-hybridized carbons (Fsp3) is 0.429. The molecule has 0 radical (unpaired) electrons. The van der Waals surface area contributed by atoms with Crippen molar-refractivity contribution in [3.8, 4) is 0 Å². The Bertz CT molecular complexity index is 585. The molecule has 0 bridgehead atoms. The lowest BCUT2D eigenvalue weighted by molar-refractivity contribution is -0.154. The molecule has 6 nitrogen and oxygen atoms in total. The van der Waals surface area contributed by atoms with Crippen LogP contribution in [-0.4, -0.2) is 29.2 Å². The van der Waals surface area contributed by atoms with Crippen molar-refractivity contribution in [2.24, 2.45) is 5.92 Å². The van der Waals surface area contributed by atoms with Gasteiger partial charge in [0, 0.05) is 18.4 Å². The van der Waals surface area contributed by atoms with Crippen LogP contribution in [0.2, 0.25) is 0 Å². The van der Waals surface area contributed by atoms with Gasteiger partial charge in [0.1, 0.15) is 11.7 Å². The standard InChI is InChI=1S/C14H12O6/c15-8-3-10(17)14-11(18)5-12(7-1-2-19-6-7)20-13(14)4-9(8)16/h1-2,6,12-14H,3-5H2. The first kappa shape index (κ1) is 12.9. The Labute approximate surface area is 114 Å². The molecule has 0 spiro atoms. The summed E-state index contributed by atoms with van der Waals surface area (Å²) < 4.78 is 10.6. The van der Waals surface area contributed by atoms with E-state index in [1.54, 1.807) is 6.07 Å². The Kier molecular flexibility index (Phi) is 3.10. The summed E-state index contributed by atoms with van der Waals surface area (Å²) >= 11 is 0.